The van der Waals surface area contributed by atoms with Gasteiger partial charge in [-0.3, -0.25) is 19.3 Å². The number of halogens is 1. The van der Waals surface area contributed by atoms with Crippen molar-refractivity contribution in [2.45, 2.75) is 26.2 Å². The Morgan fingerprint density at radius 1 is 1.09 bits per heavy atom. The highest BCUT2D eigenvalue weighted by Gasteiger charge is 2.30. The number of hydrogen-bond donors (Lipinski definition) is 0. The Labute approximate surface area is 185 Å². The highest BCUT2D eigenvalue weighted by Crippen LogP contribution is 2.33. The number of likely N-dealkylation sites (tertiary alicyclic amines) is 1. The number of anilines is 1. The molecule has 168 valence electrons. The molecule has 0 atom stereocenters. The zero-order valence-corrected chi connectivity index (χ0v) is 17.9. The first-order valence-corrected chi connectivity index (χ1v) is 10.7. The standard InChI is InChI=1S/C24H25FN2O5/c1-16-5-7-18(25)22(11-16)31-14-20(28)17-6-8-21-19(12-17)27(24(30)15-32-21)13-23(29)26-9-3-2-4-10-26/h5-8,11-12H,2-4,9-10,13-15H2,1H3. The van der Waals surface area contributed by atoms with E-state index < -0.39 is 5.82 Å². The number of amides is 2. The number of nitrogens with zero attached hydrogens (tertiary/aromatic N) is 2. The van der Waals surface area contributed by atoms with Crippen molar-refractivity contribution in [1.29, 1.82) is 0 Å². The lowest BCUT2D eigenvalue weighted by Crippen LogP contribution is -2.47. The van der Waals surface area contributed by atoms with Gasteiger partial charge in [-0.1, -0.05) is 6.07 Å². The fraction of sp³-hybridized carbons (Fsp3) is 0.375. The summed E-state index contributed by atoms with van der Waals surface area (Å²) in [6, 6.07) is 9.11. The SMILES string of the molecule is Cc1ccc(F)c(OCC(=O)c2ccc3c(c2)N(CC(=O)N2CCCCC2)C(=O)CO3)c1. The molecule has 0 radical (unpaired) electrons. The lowest BCUT2D eigenvalue weighted by Gasteiger charge is -2.32. The summed E-state index contributed by atoms with van der Waals surface area (Å²) in [5.74, 6) is -0.961. The van der Waals surface area contributed by atoms with Gasteiger partial charge in [0.1, 0.15) is 12.3 Å². The lowest BCUT2D eigenvalue weighted by molar-refractivity contribution is -0.132. The van der Waals surface area contributed by atoms with Gasteiger partial charge in [0.15, 0.2) is 30.6 Å². The number of carbonyl (C=O) groups is 3. The Balaban J connectivity index is 1.50. The molecule has 0 bridgehead atoms. The number of carbonyl (C=O) groups excluding carboxylic acids is 3. The highest BCUT2D eigenvalue weighted by atomic mass is 19.1. The fourth-order valence-electron chi connectivity index (χ4n) is 3.88. The summed E-state index contributed by atoms with van der Waals surface area (Å²) < 4.78 is 24.7. The van der Waals surface area contributed by atoms with Crippen LogP contribution in [0.5, 0.6) is 11.5 Å². The van der Waals surface area contributed by atoms with Gasteiger partial charge in [0.2, 0.25) is 5.91 Å². The van der Waals surface area contributed by atoms with E-state index in [0.717, 1.165) is 24.8 Å². The molecule has 2 aromatic rings. The van der Waals surface area contributed by atoms with Crippen LogP contribution in [0.4, 0.5) is 10.1 Å². The molecule has 1 fully saturated rings. The van der Waals surface area contributed by atoms with Gasteiger partial charge in [-0.2, -0.15) is 0 Å². The summed E-state index contributed by atoms with van der Waals surface area (Å²) in [6.07, 6.45) is 3.02. The number of ether oxygens (including phenoxy) is 2. The Hall–Kier alpha value is -3.42. The quantitative estimate of drug-likeness (QED) is 0.645. The molecular weight excluding hydrogens is 415 g/mol. The van der Waals surface area contributed by atoms with Gasteiger partial charge in [0.25, 0.3) is 5.91 Å². The van der Waals surface area contributed by atoms with Crippen molar-refractivity contribution in [3.63, 3.8) is 0 Å². The van der Waals surface area contributed by atoms with Gasteiger partial charge in [-0.25, -0.2) is 4.39 Å². The monoisotopic (exact) mass is 440 g/mol. The molecule has 7 nitrogen and oxygen atoms in total. The van der Waals surface area contributed by atoms with E-state index in [1.54, 1.807) is 30.0 Å². The summed E-state index contributed by atoms with van der Waals surface area (Å²) >= 11 is 0. The van der Waals surface area contributed by atoms with E-state index in [2.05, 4.69) is 0 Å². The van der Waals surface area contributed by atoms with E-state index in [-0.39, 0.29) is 48.7 Å². The van der Waals surface area contributed by atoms with E-state index in [0.29, 0.717) is 24.5 Å². The van der Waals surface area contributed by atoms with Crippen LogP contribution in [-0.4, -0.2) is 55.3 Å². The van der Waals surface area contributed by atoms with Crippen molar-refractivity contribution < 1.29 is 28.2 Å². The molecule has 2 heterocycles. The molecule has 0 N–H and O–H groups in total. The van der Waals surface area contributed by atoms with E-state index in [1.165, 1.54) is 23.1 Å². The Morgan fingerprint density at radius 2 is 1.88 bits per heavy atom. The third-order valence-electron chi connectivity index (χ3n) is 5.67. The van der Waals surface area contributed by atoms with Crippen molar-refractivity contribution in [3.8, 4) is 11.5 Å². The van der Waals surface area contributed by atoms with Crippen molar-refractivity contribution in [2.75, 3.05) is 37.7 Å². The number of hydrogen-bond acceptors (Lipinski definition) is 5. The van der Waals surface area contributed by atoms with E-state index in [1.807, 2.05) is 0 Å². The molecule has 4 rings (SSSR count). The summed E-state index contributed by atoms with van der Waals surface area (Å²) in [6.45, 7) is 2.56. The maximum atomic E-state index is 13.9. The van der Waals surface area contributed by atoms with Gasteiger partial charge >= 0.3 is 0 Å². The van der Waals surface area contributed by atoms with Crippen molar-refractivity contribution in [1.82, 2.24) is 4.90 Å². The normalized spacial score (nSPS) is 15.8. The zero-order chi connectivity index (χ0) is 22.7. The van der Waals surface area contributed by atoms with Gasteiger partial charge in [-0.05, 0) is 62.1 Å². The second-order valence-electron chi connectivity index (χ2n) is 8.04. The number of ketones is 1. The first kappa shape index (κ1) is 21.8. The van der Waals surface area contributed by atoms with E-state index in [4.69, 9.17) is 9.47 Å². The van der Waals surface area contributed by atoms with Crippen LogP contribution < -0.4 is 14.4 Å². The van der Waals surface area contributed by atoms with E-state index in [9.17, 15) is 18.8 Å². The van der Waals surface area contributed by atoms with Crippen LogP contribution in [0.1, 0.15) is 35.2 Å². The predicted octanol–water partition coefficient (Wildman–Crippen LogP) is 3.13. The maximum Gasteiger partial charge on any atom is 0.265 e. The second kappa shape index (κ2) is 9.38. The Bertz CT molecular complexity index is 1050. The first-order chi connectivity index (χ1) is 15.4. The third kappa shape index (κ3) is 4.74. The molecule has 0 aromatic heterocycles. The van der Waals surface area contributed by atoms with Gasteiger partial charge < -0.3 is 14.4 Å². The molecule has 2 aromatic carbocycles. The third-order valence-corrected chi connectivity index (χ3v) is 5.67. The first-order valence-electron chi connectivity index (χ1n) is 10.7. The zero-order valence-electron chi connectivity index (χ0n) is 17.9. The number of piperidine rings is 1. The van der Waals surface area contributed by atoms with Crippen LogP contribution in [0.3, 0.4) is 0 Å². The van der Waals surface area contributed by atoms with Crippen molar-refractivity contribution in [3.05, 3.63) is 53.3 Å². The maximum absolute atomic E-state index is 13.9. The van der Waals surface area contributed by atoms with Crippen LogP contribution >= 0.6 is 0 Å². The van der Waals surface area contributed by atoms with Gasteiger partial charge in [0, 0.05) is 18.7 Å². The molecule has 2 amide bonds. The van der Waals surface area contributed by atoms with Gasteiger partial charge in [0.05, 0.1) is 5.69 Å². The smallest absolute Gasteiger partial charge is 0.265 e. The molecular formula is C24H25FN2O5. The summed E-state index contributed by atoms with van der Waals surface area (Å²) in [4.78, 5) is 41.1. The van der Waals surface area contributed by atoms with Crippen LogP contribution in [0, 0.1) is 12.7 Å². The molecule has 0 spiro atoms. The lowest BCUT2D eigenvalue weighted by atomic mass is 10.1. The summed E-state index contributed by atoms with van der Waals surface area (Å²) in [5, 5.41) is 0. The number of Topliss-reactive ketones (excluding diaryl/α,β-unsaturated/α-hetero) is 1. The molecule has 0 unspecified atom stereocenters. The van der Waals surface area contributed by atoms with Crippen molar-refractivity contribution in [2.24, 2.45) is 0 Å². The van der Waals surface area contributed by atoms with Crippen molar-refractivity contribution >= 4 is 23.3 Å². The molecule has 32 heavy (non-hydrogen) atoms. The van der Waals surface area contributed by atoms with Crippen LogP contribution in [0.25, 0.3) is 0 Å². The average Bonchev–Trinajstić information content (AvgIpc) is 2.81. The largest absolute Gasteiger partial charge is 0.482 e. The minimum atomic E-state index is -0.546. The summed E-state index contributed by atoms with van der Waals surface area (Å²) in [5.41, 5.74) is 1.47. The fourth-order valence-corrected chi connectivity index (χ4v) is 3.88. The molecule has 0 saturated carbocycles. The number of benzene rings is 2. The highest BCUT2D eigenvalue weighted by molar-refractivity contribution is 6.04. The predicted molar refractivity (Wildman–Crippen MR) is 116 cm³/mol. The average molecular weight is 440 g/mol. The minimum Gasteiger partial charge on any atom is -0.482 e. The topological polar surface area (TPSA) is 76.2 Å². The van der Waals surface area contributed by atoms with Gasteiger partial charge in [-0.15, -0.1) is 0 Å². The molecule has 2 aliphatic rings. The van der Waals surface area contributed by atoms with Crippen LogP contribution in [0.2, 0.25) is 0 Å². The van der Waals surface area contributed by atoms with Crippen LogP contribution in [0.15, 0.2) is 36.4 Å². The Kier molecular flexibility index (Phi) is 6.39. The Morgan fingerprint density at radius 3 is 2.66 bits per heavy atom. The molecule has 2 aliphatic heterocycles. The summed E-state index contributed by atoms with van der Waals surface area (Å²) in [7, 11) is 0. The number of aryl methyl sites for hydroxylation is 1. The van der Waals surface area contributed by atoms with Crippen LogP contribution in [-0.2, 0) is 9.59 Å². The molecule has 0 aliphatic carbocycles. The second-order valence-corrected chi connectivity index (χ2v) is 8.04. The number of fused-ring (bicyclic) bond motifs is 1. The molecule has 8 heteroatoms. The molecule has 1 saturated heterocycles. The van der Waals surface area contributed by atoms with E-state index >= 15 is 0 Å². The number of rotatable bonds is 6. The minimum absolute atomic E-state index is 0.00331.